The highest BCUT2D eigenvalue weighted by Crippen LogP contribution is 2.22. The first-order valence-electron chi connectivity index (χ1n) is 8.14. The number of hydrogen-bond donors (Lipinski definition) is 3. The van der Waals surface area contributed by atoms with Gasteiger partial charge in [-0.15, -0.1) is 0 Å². The molecule has 25 heavy (non-hydrogen) atoms. The third kappa shape index (κ3) is 6.38. The molecule has 2 amide bonds. The van der Waals surface area contributed by atoms with Gasteiger partial charge in [0.2, 0.25) is 0 Å². The average molecular weight is 362 g/mol. The lowest BCUT2D eigenvalue weighted by atomic mass is 9.95. The summed E-state index contributed by atoms with van der Waals surface area (Å²) in [6.07, 6.45) is -0.653. The summed E-state index contributed by atoms with van der Waals surface area (Å²) in [5.41, 5.74) is 1.50. The summed E-state index contributed by atoms with van der Waals surface area (Å²) < 4.78 is 0. The molecule has 0 saturated heterocycles. The van der Waals surface area contributed by atoms with Crippen LogP contribution in [0, 0.1) is 5.92 Å². The molecule has 0 saturated carbocycles. The average Bonchev–Trinajstić information content (AvgIpc) is 2.60. The van der Waals surface area contributed by atoms with E-state index < -0.39 is 6.10 Å². The molecule has 0 bridgehead atoms. The quantitative estimate of drug-likeness (QED) is 0.708. The lowest BCUT2D eigenvalue weighted by Gasteiger charge is -2.26. The number of anilines is 1. The third-order valence-corrected chi connectivity index (χ3v) is 4.07. The van der Waals surface area contributed by atoms with E-state index in [4.69, 9.17) is 11.6 Å². The molecular weight excluding hydrogens is 338 g/mol. The fourth-order valence-corrected chi connectivity index (χ4v) is 2.73. The molecule has 134 valence electrons. The van der Waals surface area contributed by atoms with Crippen molar-refractivity contribution in [3.05, 3.63) is 65.2 Å². The zero-order valence-corrected chi connectivity index (χ0v) is 15.2. The summed E-state index contributed by atoms with van der Waals surface area (Å²) in [5, 5.41) is 16.8. The SMILES string of the molecule is CN(C)C[C@H](CNC(=O)Nc1ccc(Cl)cc1)[C@H](O)c1ccccc1. The van der Waals surface area contributed by atoms with Gasteiger partial charge < -0.3 is 20.6 Å². The summed E-state index contributed by atoms with van der Waals surface area (Å²) in [5.74, 6) is -0.131. The van der Waals surface area contributed by atoms with Gasteiger partial charge in [0, 0.05) is 29.7 Å². The van der Waals surface area contributed by atoms with E-state index in [1.54, 1.807) is 24.3 Å². The lowest BCUT2D eigenvalue weighted by molar-refractivity contribution is 0.0911. The topological polar surface area (TPSA) is 64.6 Å². The van der Waals surface area contributed by atoms with Gasteiger partial charge in [0.05, 0.1) is 6.10 Å². The van der Waals surface area contributed by atoms with Gasteiger partial charge in [0.1, 0.15) is 0 Å². The number of amides is 2. The molecule has 2 aromatic carbocycles. The first kappa shape index (κ1) is 19.2. The van der Waals surface area contributed by atoms with Crippen molar-refractivity contribution in [2.75, 3.05) is 32.5 Å². The van der Waals surface area contributed by atoms with Crippen LogP contribution in [0.3, 0.4) is 0 Å². The Morgan fingerprint density at radius 3 is 2.36 bits per heavy atom. The lowest BCUT2D eigenvalue weighted by Crippen LogP contribution is -2.39. The molecule has 0 spiro atoms. The van der Waals surface area contributed by atoms with Crippen LogP contribution in [-0.4, -0.2) is 43.2 Å². The second-order valence-electron chi connectivity index (χ2n) is 6.22. The van der Waals surface area contributed by atoms with Gasteiger partial charge in [-0.2, -0.15) is 0 Å². The maximum atomic E-state index is 12.1. The van der Waals surface area contributed by atoms with E-state index in [1.165, 1.54) is 0 Å². The third-order valence-electron chi connectivity index (χ3n) is 3.81. The summed E-state index contributed by atoms with van der Waals surface area (Å²) in [6.45, 7) is 1.00. The predicted octanol–water partition coefficient (Wildman–Crippen LogP) is 3.37. The highest BCUT2D eigenvalue weighted by molar-refractivity contribution is 6.30. The van der Waals surface area contributed by atoms with Crippen molar-refractivity contribution >= 4 is 23.3 Å². The maximum Gasteiger partial charge on any atom is 0.319 e. The van der Waals surface area contributed by atoms with E-state index >= 15 is 0 Å². The van der Waals surface area contributed by atoms with Crippen molar-refractivity contribution in [3.63, 3.8) is 0 Å². The fraction of sp³-hybridized carbons (Fsp3) is 0.316. The number of carbonyl (C=O) groups is 1. The minimum atomic E-state index is -0.653. The number of benzene rings is 2. The van der Waals surface area contributed by atoms with Crippen LogP contribution >= 0.6 is 11.6 Å². The van der Waals surface area contributed by atoms with E-state index in [9.17, 15) is 9.90 Å². The molecule has 0 fully saturated rings. The molecule has 2 rings (SSSR count). The Labute approximate surface area is 153 Å². The number of halogens is 1. The van der Waals surface area contributed by atoms with Gasteiger partial charge in [-0.25, -0.2) is 4.79 Å². The zero-order chi connectivity index (χ0) is 18.2. The van der Waals surface area contributed by atoms with Crippen molar-refractivity contribution in [2.45, 2.75) is 6.10 Å². The summed E-state index contributed by atoms with van der Waals surface area (Å²) in [4.78, 5) is 14.1. The molecular formula is C19H24ClN3O2. The van der Waals surface area contributed by atoms with E-state index in [0.717, 1.165) is 5.56 Å². The Hall–Kier alpha value is -2.08. The summed E-state index contributed by atoms with van der Waals surface area (Å²) in [7, 11) is 3.89. The standard InChI is InChI=1S/C19H24ClN3O2/c1-23(2)13-15(18(24)14-6-4-3-5-7-14)12-21-19(25)22-17-10-8-16(20)9-11-17/h3-11,15,18,24H,12-13H2,1-2H3,(H2,21,22,25)/t15-,18+/m0/s1. The predicted molar refractivity (Wildman–Crippen MR) is 102 cm³/mol. The van der Waals surface area contributed by atoms with Gasteiger partial charge in [0.15, 0.2) is 0 Å². The van der Waals surface area contributed by atoms with Crippen LogP contribution in [0.1, 0.15) is 11.7 Å². The van der Waals surface area contributed by atoms with E-state index in [2.05, 4.69) is 10.6 Å². The molecule has 0 aliphatic carbocycles. The van der Waals surface area contributed by atoms with Crippen molar-refractivity contribution in [1.82, 2.24) is 10.2 Å². The van der Waals surface area contributed by atoms with Crippen LogP contribution < -0.4 is 10.6 Å². The molecule has 0 unspecified atom stereocenters. The van der Waals surface area contributed by atoms with E-state index in [0.29, 0.717) is 23.8 Å². The number of nitrogens with zero attached hydrogens (tertiary/aromatic N) is 1. The molecule has 6 heteroatoms. The second-order valence-corrected chi connectivity index (χ2v) is 6.66. The Morgan fingerprint density at radius 1 is 1.12 bits per heavy atom. The Morgan fingerprint density at radius 2 is 1.76 bits per heavy atom. The van der Waals surface area contributed by atoms with Crippen LogP contribution in [0.25, 0.3) is 0 Å². The smallest absolute Gasteiger partial charge is 0.319 e. The van der Waals surface area contributed by atoms with Crippen molar-refractivity contribution in [3.8, 4) is 0 Å². The second kappa shape index (κ2) is 9.42. The Bertz CT molecular complexity index is 662. The van der Waals surface area contributed by atoms with Crippen molar-refractivity contribution in [1.29, 1.82) is 0 Å². The molecule has 2 atom stereocenters. The van der Waals surface area contributed by atoms with Crippen molar-refractivity contribution < 1.29 is 9.90 Å². The van der Waals surface area contributed by atoms with Crippen LogP contribution in [0.4, 0.5) is 10.5 Å². The van der Waals surface area contributed by atoms with Gasteiger partial charge in [-0.1, -0.05) is 41.9 Å². The fourth-order valence-electron chi connectivity index (χ4n) is 2.60. The molecule has 0 aliphatic rings. The van der Waals surface area contributed by atoms with Gasteiger partial charge in [-0.3, -0.25) is 0 Å². The molecule has 2 aromatic rings. The molecule has 0 radical (unpaired) electrons. The number of hydrogen-bond acceptors (Lipinski definition) is 3. The number of aliphatic hydroxyl groups excluding tert-OH is 1. The molecule has 3 N–H and O–H groups in total. The minimum Gasteiger partial charge on any atom is -0.388 e. The van der Waals surface area contributed by atoms with E-state index in [1.807, 2.05) is 49.3 Å². The van der Waals surface area contributed by atoms with Crippen molar-refractivity contribution in [2.24, 2.45) is 5.92 Å². The van der Waals surface area contributed by atoms with Gasteiger partial charge >= 0.3 is 6.03 Å². The molecule has 5 nitrogen and oxygen atoms in total. The highest BCUT2D eigenvalue weighted by atomic mass is 35.5. The number of rotatable bonds is 7. The number of carbonyl (C=O) groups excluding carboxylic acids is 1. The summed E-state index contributed by atoms with van der Waals surface area (Å²) in [6, 6.07) is 16.1. The Balaban J connectivity index is 1.94. The van der Waals surface area contributed by atoms with Crippen LogP contribution in [0.5, 0.6) is 0 Å². The molecule has 0 heterocycles. The molecule has 0 aliphatic heterocycles. The first-order chi connectivity index (χ1) is 12.0. The monoisotopic (exact) mass is 361 g/mol. The number of aliphatic hydroxyl groups is 1. The zero-order valence-electron chi connectivity index (χ0n) is 14.4. The van der Waals surface area contributed by atoms with E-state index in [-0.39, 0.29) is 11.9 Å². The van der Waals surface area contributed by atoms with Gasteiger partial charge in [-0.05, 0) is 43.9 Å². The van der Waals surface area contributed by atoms with Crippen LogP contribution in [0.2, 0.25) is 5.02 Å². The van der Waals surface area contributed by atoms with Crippen LogP contribution in [0.15, 0.2) is 54.6 Å². The molecule has 0 aromatic heterocycles. The first-order valence-corrected chi connectivity index (χ1v) is 8.51. The maximum absolute atomic E-state index is 12.1. The highest BCUT2D eigenvalue weighted by Gasteiger charge is 2.22. The normalized spacial score (nSPS) is 13.3. The largest absolute Gasteiger partial charge is 0.388 e. The van der Waals surface area contributed by atoms with Gasteiger partial charge in [0.25, 0.3) is 0 Å². The van der Waals surface area contributed by atoms with Crippen LogP contribution in [-0.2, 0) is 0 Å². The number of nitrogens with one attached hydrogen (secondary N) is 2. The minimum absolute atomic E-state index is 0.131. The summed E-state index contributed by atoms with van der Waals surface area (Å²) >= 11 is 5.83. The number of urea groups is 1. The Kier molecular flexibility index (Phi) is 7.25.